The quantitative estimate of drug-likeness (QED) is 0.733. The lowest BCUT2D eigenvalue weighted by molar-refractivity contribution is 0.0251. The van der Waals surface area contributed by atoms with Gasteiger partial charge in [-0.1, -0.05) is 0 Å². The summed E-state index contributed by atoms with van der Waals surface area (Å²) in [6, 6.07) is 1.93. The second kappa shape index (κ2) is 5.10. The Hall–Kier alpha value is -1.38. The molecule has 1 fully saturated rings. The summed E-state index contributed by atoms with van der Waals surface area (Å²) in [6.45, 7) is 1.36. The molecule has 0 radical (unpaired) electrons. The third-order valence-electron chi connectivity index (χ3n) is 2.29. The highest BCUT2D eigenvalue weighted by Gasteiger charge is 2.17. The minimum Gasteiger partial charge on any atom is -0.486 e. The van der Waals surface area contributed by atoms with Crippen molar-refractivity contribution in [2.24, 2.45) is 0 Å². The van der Waals surface area contributed by atoms with Gasteiger partial charge in [0.15, 0.2) is 11.4 Å². The third-order valence-corrected chi connectivity index (χ3v) is 2.48. The molecular weight excluding hydrogens is 230 g/mol. The molecule has 2 heterocycles. The van der Waals surface area contributed by atoms with Crippen molar-refractivity contribution in [3.05, 3.63) is 17.2 Å². The van der Waals surface area contributed by atoms with E-state index in [1.54, 1.807) is 0 Å². The molecule has 0 saturated carbocycles. The molecule has 5 nitrogen and oxygen atoms in total. The van der Waals surface area contributed by atoms with Crippen LogP contribution in [0.15, 0.2) is 6.20 Å². The molecule has 0 aliphatic carbocycles. The Morgan fingerprint density at radius 3 is 2.94 bits per heavy atom. The van der Waals surface area contributed by atoms with Crippen LogP contribution in [0, 0.1) is 11.3 Å². The Kier molecular flexibility index (Phi) is 3.54. The third kappa shape index (κ3) is 2.60. The number of rotatable bonds is 2. The van der Waals surface area contributed by atoms with Crippen molar-refractivity contribution in [2.75, 3.05) is 13.2 Å². The van der Waals surface area contributed by atoms with Crippen LogP contribution in [0.5, 0.6) is 5.75 Å². The molecule has 1 aromatic heterocycles. The first-order valence-electron chi connectivity index (χ1n) is 4.96. The Morgan fingerprint density at radius 1 is 1.50 bits per heavy atom. The van der Waals surface area contributed by atoms with Gasteiger partial charge in [0.05, 0.1) is 19.4 Å². The fraction of sp³-hybridized carbons (Fsp3) is 0.500. The van der Waals surface area contributed by atoms with E-state index in [0.29, 0.717) is 19.0 Å². The van der Waals surface area contributed by atoms with Crippen LogP contribution in [0.2, 0.25) is 5.28 Å². The van der Waals surface area contributed by atoms with E-state index in [-0.39, 0.29) is 17.1 Å². The lowest BCUT2D eigenvalue weighted by Gasteiger charge is -2.23. The maximum absolute atomic E-state index is 8.87. The summed E-state index contributed by atoms with van der Waals surface area (Å²) in [5, 5.41) is 8.92. The predicted molar refractivity (Wildman–Crippen MR) is 56.2 cm³/mol. The summed E-state index contributed by atoms with van der Waals surface area (Å²) in [5.41, 5.74) is 0.173. The topological polar surface area (TPSA) is 68.0 Å². The van der Waals surface area contributed by atoms with Crippen molar-refractivity contribution >= 4 is 11.6 Å². The summed E-state index contributed by atoms with van der Waals surface area (Å²) in [6.07, 6.45) is 3.12. The van der Waals surface area contributed by atoms with Crippen LogP contribution in [0.25, 0.3) is 0 Å². The number of hydrogen-bond donors (Lipinski definition) is 0. The largest absolute Gasteiger partial charge is 0.486 e. The van der Waals surface area contributed by atoms with E-state index < -0.39 is 0 Å². The van der Waals surface area contributed by atoms with Crippen LogP contribution in [-0.4, -0.2) is 29.3 Å². The van der Waals surface area contributed by atoms with Crippen molar-refractivity contribution in [1.82, 2.24) is 9.97 Å². The molecule has 6 heteroatoms. The Balaban J connectivity index is 2.11. The van der Waals surface area contributed by atoms with E-state index in [2.05, 4.69) is 9.97 Å². The van der Waals surface area contributed by atoms with Crippen molar-refractivity contribution in [3.63, 3.8) is 0 Å². The minimum atomic E-state index is 0.0517. The Labute approximate surface area is 98.0 Å². The minimum absolute atomic E-state index is 0.0517. The Morgan fingerprint density at radius 2 is 2.25 bits per heavy atom. The molecule has 1 aliphatic heterocycles. The zero-order valence-corrected chi connectivity index (χ0v) is 9.28. The second-order valence-electron chi connectivity index (χ2n) is 3.39. The van der Waals surface area contributed by atoms with Crippen molar-refractivity contribution in [3.8, 4) is 11.8 Å². The smallest absolute Gasteiger partial charge is 0.223 e. The molecule has 16 heavy (non-hydrogen) atoms. The van der Waals surface area contributed by atoms with E-state index in [0.717, 1.165) is 12.8 Å². The normalized spacial score (nSPS) is 16.8. The molecule has 84 valence electrons. The van der Waals surface area contributed by atoms with Gasteiger partial charge in [-0.3, -0.25) is 0 Å². The molecule has 0 unspecified atom stereocenters. The standard InChI is InChI=1S/C10H10ClN3O2/c11-10-13-6-9(8(5-12)14-10)16-7-1-3-15-4-2-7/h6-7H,1-4H2. The zero-order valence-electron chi connectivity index (χ0n) is 8.52. The molecule has 0 aromatic carbocycles. The van der Waals surface area contributed by atoms with Gasteiger partial charge >= 0.3 is 0 Å². The van der Waals surface area contributed by atoms with E-state index in [1.165, 1.54) is 6.20 Å². The fourth-order valence-corrected chi connectivity index (χ4v) is 1.62. The van der Waals surface area contributed by atoms with Crippen LogP contribution in [0.3, 0.4) is 0 Å². The van der Waals surface area contributed by atoms with Gasteiger partial charge in [0.1, 0.15) is 12.2 Å². The number of nitrogens with zero attached hydrogens (tertiary/aromatic N) is 3. The van der Waals surface area contributed by atoms with Gasteiger partial charge in [0, 0.05) is 12.8 Å². The highest BCUT2D eigenvalue weighted by Crippen LogP contribution is 2.20. The molecule has 0 N–H and O–H groups in total. The average molecular weight is 240 g/mol. The van der Waals surface area contributed by atoms with Crippen LogP contribution >= 0.6 is 11.6 Å². The van der Waals surface area contributed by atoms with Gasteiger partial charge in [0.2, 0.25) is 5.28 Å². The van der Waals surface area contributed by atoms with Crippen molar-refractivity contribution in [2.45, 2.75) is 18.9 Å². The molecule has 0 bridgehead atoms. The highest BCUT2D eigenvalue weighted by molar-refractivity contribution is 6.28. The summed E-state index contributed by atoms with van der Waals surface area (Å²) >= 11 is 5.59. The lowest BCUT2D eigenvalue weighted by Crippen LogP contribution is -2.26. The van der Waals surface area contributed by atoms with Gasteiger partial charge in [-0.15, -0.1) is 0 Å². The zero-order chi connectivity index (χ0) is 11.4. The predicted octanol–water partition coefficient (Wildman–Crippen LogP) is 1.56. The molecule has 0 amide bonds. The first-order valence-corrected chi connectivity index (χ1v) is 5.34. The monoisotopic (exact) mass is 239 g/mol. The Bertz CT molecular complexity index is 413. The van der Waals surface area contributed by atoms with E-state index in [1.807, 2.05) is 6.07 Å². The summed E-state index contributed by atoms with van der Waals surface area (Å²) in [7, 11) is 0. The summed E-state index contributed by atoms with van der Waals surface area (Å²) in [5.74, 6) is 0.388. The molecule has 2 rings (SSSR count). The summed E-state index contributed by atoms with van der Waals surface area (Å²) in [4.78, 5) is 7.59. The van der Waals surface area contributed by atoms with Gasteiger partial charge in [0.25, 0.3) is 0 Å². The lowest BCUT2D eigenvalue weighted by atomic mass is 10.1. The van der Waals surface area contributed by atoms with Crippen LogP contribution in [-0.2, 0) is 4.74 Å². The summed E-state index contributed by atoms with van der Waals surface area (Å²) < 4.78 is 10.9. The average Bonchev–Trinajstić information content (AvgIpc) is 2.33. The maximum Gasteiger partial charge on any atom is 0.223 e. The SMILES string of the molecule is N#Cc1nc(Cl)ncc1OC1CCOCC1. The van der Waals surface area contributed by atoms with E-state index >= 15 is 0 Å². The number of nitriles is 1. The number of hydrogen-bond acceptors (Lipinski definition) is 5. The molecular formula is C10H10ClN3O2. The molecule has 0 atom stereocenters. The van der Waals surface area contributed by atoms with Crippen LogP contribution in [0.1, 0.15) is 18.5 Å². The van der Waals surface area contributed by atoms with E-state index in [9.17, 15) is 0 Å². The van der Waals surface area contributed by atoms with Crippen molar-refractivity contribution < 1.29 is 9.47 Å². The number of aromatic nitrogens is 2. The number of halogens is 1. The molecule has 0 spiro atoms. The van der Waals surface area contributed by atoms with Crippen LogP contribution < -0.4 is 4.74 Å². The van der Waals surface area contributed by atoms with Crippen molar-refractivity contribution in [1.29, 1.82) is 5.26 Å². The van der Waals surface area contributed by atoms with Gasteiger partial charge in [-0.05, 0) is 11.6 Å². The maximum atomic E-state index is 8.87. The van der Waals surface area contributed by atoms with Crippen LogP contribution in [0.4, 0.5) is 0 Å². The number of ether oxygens (including phenoxy) is 2. The molecule has 1 aromatic rings. The van der Waals surface area contributed by atoms with Gasteiger partial charge in [-0.2, -0.15) is 5.26 Å². The van der Waals surface area contributed by atoms with Gasteiger partial charge in [-0.25, -0.2) is 9.97 Å². The molecule has 1 saturated heterocycles. The second-order valence-corrected chi connectivity index (χ2v) is 3.73. The van der Waals surface area contributed by atoms with E-state index in [4.69, 9.17) is 26.3 Å². The fourth-order valence-electron chi connectivity index (χ4n) is 1.49. The first kappa shape index (κ1) is 11.1. The first-order chi connectivity index (χ1) is 7.79. The highest BCUT2D eigenvalue weighted by atomic mass is 35.5. The molecule has 1 aliphatic rings. The van der Waals surface area contributed by atoms with Gasteiger partial charge < -0.3 is 9.47 Å².